The summed E-state index contributed by atoms with van der Waals surface area (Å²) in [6.45, 7) is 5.60. The van der Waals surface area contributed by atoms with Crippen LogP contribution in [0.2, 0.25) is 0 Å². The lowest BCUT2D eigenvalue weighted by Crippen LogP contribution is -2.25. The Morgan fingerprint density at radius 2 is 1.80 bits per heavy atom. The van der Waals surface area contributed by atoms with Gasteiger partial charge in [-0.15, -0.1) is 0 Å². The Hall–Kier alpha value is -2.11. The van der Waals surface area contributed by atoms with E-state index in [0.717, 1.165) is 12.1 Å². The lowest BCUT2D eigenvalue weighted by Gasteiger charge is -2.18. The highest BCUT2D eigenvalue weighted by atomic mass is 32.2. The van der Waals surface area contributed by atoms with Crippen LogP contribution in [0.1, 0.15) is 26.3 Å². The molecule has 3 aromatic rings. The van der Waals surface area contributed by atoms with E-state index in [0.29, 0.717) is 21.8 Å². The number of fused-ring (bicyclic) bond motifs is 1. The maximum Gasteiger partial charge on any atom is 0.266 e. The summed E-state index contributed by atoms with van der Waals surface area (Å²) in [6.07, 6.45) is 0.950. The summed E-state index contributed by atoms with van der Waals surface area (Å²) in [4.78, 5) is 17.7. The summed E-state index contributed by atoms with van der Waals surface area (Å²) in [5, 5.41) is 11.2. The van der Waals surface area contributed by atoms with Gasteiger partial charge in [0.15, 0.2) is 5.16 Å². The van der Waals surface area contributed by atoms with Gasteiger partial charge >= 0.3 is 0 Å². The van der Waals surface area contributed by atoms with E-state index in [1.165, 1.54) is 17.3 Å². The van der Waals surface area contributed by atoms with Crippen molar-refractivity contribution in [2.45, 2.75) is 37.9 Å². The van der Waals surface area contributed by atoms with Crippen LogP contribution in [0, 0.1) is 0 Å². The van der Waals surface area contributed by atoms with Crippen molar-refractivity contribution in [1.82, 2.24) is 9.55 Å². The van der Waals surface area contributed by atoms with Gasteiger partial charge in [-0.1, -0.05) is 43.0 Å². The van der Waals surface area contributed by atoms with Gasteiger partial charge in [-0.05, 0) is 50.1 Å². The van der Waals surface area contributed by atoms with Gasteiger partial charge in [-0.3, -0.25) is 9.36 Å². The summed E-state index contributed by atoms with van der Waals surface area (Å²) in [6, 6.07) is 15.3. The summed E-state index contributed by atoms with van der Waals surface area (Å²) < 4.78 is 1.64. The fraction of sp³-hybridized carbons (Fsp3) is 0.300. The number of aromatic nitrogens is 2. The van der Waals surface area contributed by atoms with Gasteiger partial charge in [0, 0.05) is 5.75 Å². The van der Waals surface area contributed by atoms with Gasteiger partial charge in [0.05, 0.1) is 22.2 Å². The zero-order chi connectivity index (χ0) is 18.0. The predicted molar refractivity (Wildman–Crippen MR) is 104 cm³/mol. The van der Waals surface area contributed by atoms with Gasteiger partial charge in [0.25, 0.3) is 5.56 Å². The quantitative estimate of drug-likeness (QED) is 0.559. The van der Waals surface area contributed by atoms with Crippen LogP contribution in [0.25, 0.3) is 16.6 Å². The minimum atomic E-state index is -0.842. The average Bonchev–Trinajstić information content (AvgIpc) is 2.60. The number of nitrogens with zero attached hydrogens (tertiary/aromatic N) is 2. The molecule has 0 spiro atoms. The fourth-order valence-corrected chi connectivity index (χ4v) is 3.52. The fourth-order valence-electron chi connectivity index (χ4n) is 2.56. The van der Waals surface area contributed by atoms with Crippen molar-refractivity contribution in [2.75, 3.05) is 5.75 Å². The first-order chi connectivity index (χ1) is 11.9. The molecular formula is C20H22N2O2S. The number of aliphatic hydroxyl groups is 1. The molecule has 0 atom stereocenters. The molecule has 0 unspecified atom stereocenters. The van der Waals surface area contributed by atoms with E-state index in [9.17, 15) is 9.90 Å². The zero-order valence-electron chi connectivity index (χ0n) is 14.7. The highest BCUT2D eigenvalue weighted by molar-refractivity contribution is 7.99. The zero-order valence-corrected chi connectivity index (χ0v) is 15.5. The van der Waals surface area contributed by atoms with Crippen LogP contribution >= 0.6 is 11.8 Å². The Balaban J connectivity index is 2.18. The molecule has 1 N–H and O–H groups in total. The minimum absolute atomic E-state index is 0.0897. The number of hydrogen-bond donors (Lipinski definition) is 1. The molecule has 5 heteroatoms. The molecule has 4 nitrogen and oxygen atoms in total. The van der Waals surface area contributed by atoms with E-state index in [1.807, 2.05) is 42.5 Å². The molecular weight excluding hydrogens is 332 g/mol. The molecule has 0 aliphatic rings. The van der Waals surface area contributed by atoms with Gasteiger partial charge in [0.2, 0.25) is 0 Å². The minimum Gasteiger partial charge on any atom is -0.390 e. The van der Waals surface area contributed by atoms with Crippen molar-refractivity contribution in [3.63, 3.8) is 0 Å². The van der Waals surface area contributed by atoms with Crippen LogP contribution in [0.5, 0.6) is 0 Å². The largest absolute Gasteiger partial charge is 0.390 e. The highest BCUT2D eigenvalue weighted by Crippen LogP contribution is 2.24. The van der Waals surface area contributed by atoms with E-state index >= 15 is 0 Å². The molecule has 25 heavy (non-hydrogen) atoms. The number of benzene rings is 2. The third-order valence-electron chi connectivity index (χ3n) is 3.90. The van der Waals surface area contributed by atoms with Crippen molar-refractivity contribution >= 4 is 22.7 Å². The van der Waals surface area contributed by atoms with Gasteiger partial charge in [-0.2, -0.15) is 0 Å². The maximum atomic E-state index is 13.1. The first-order valence-corrected chi connectivity index (χ1v) is 9.34. The van der Waals surface area contributed by atoms with Crippen LogP contribution in [-0.4, -0.2) is 26.0 Å². The molecule has 0 saturated carbocycles. The SMILES string of the molecule is CCc1ccc(-n2c(SCC(C)(C)O)nc3ccccc3c2=O)cc1. The molecule has 0 bridgehead atoms. The van der Waals surface area contributed by atoms with Crippen molar-refractivity contribution < 1.29 is 5.11 Å². The van der Waals surface area contributed by atoms with E-state index < -0.39 is 5.60 Å². The van der Waals surface area contributed by atoms with E-state index in [1.54, 1.807) is 24.5 Å². The van der Waals surface area contributed by atoms with E-state index in [-0.39, 0.29) is 5.56 Å². The number of aryl methyl sites for hydroxylation is 1. The maximum absolute atomic E-state index is 13.1. The molecule has 0 radical (unpaired) electrons. The van der Waals surface area contributed by atoms with Crippen molar-refractivity contribution in [3.05, 3.63) is 64.4 Å². The highest BCUT2D eigenvalue weighted by Gasteiger charge is 2.18. The summed E-state index contributed by atoms with van der Waals surface area (Å²) >= 11 is 1.39. The third-order valence-corrected chi connectivity index (χ3v) is 5.29. The molecule has 1 aromatic heterocycles. The van der Waals surface area contributed by atoms with Gasteiger partial charge < -0.3 is 5.11 Å². The van der Waals surface area contributed by atoms with Crippen LogP contribution in [-0.2, 0) is 6.42 Å². The Labute approximate surface area is 151 Å². The normalized spacial score (nSPS) is 11.8. The smallest absolute Gasteiger partial charge is 0.266 e. The standard InChI is InChI=1S/C20H22N2O2S/c1-4-14-9-11-15(12-10-14)22-18(23)16-7-5-6-8-17(16)21-19(22)25-13-20(2,3)24/h5-12,24H,4,13H2,1-3H3. The summed E-state index contributed by atoms with van der Waals surface area (Å²) in [7, 11) is 0. The van der Waals surface area contributed by atoms with Crippen molar-refractivity contribution in [3.8, 4) is 5.69 Å². The van der Waals surface area contributed by atoms with Crippen LogP contribution in [0.15, 0.2) is 58.5 Å². The summed E-state index contributed by atoms with van der Waals surface area (Å²) in [5.41, 5.74) is 1.75. The lowest BCUT2D eigenvalue weighted by atomic mass is 10.1. The Morgan fingerprint density at radius 3 is 2.44 bits per heavy atom. The van der Waals surface area contributed by atoms with Crippen LogP contribution < -0.4 is 5.56 Å². The number of hydrogen-bond acceptors (Lipinski definition) is 4. The molecule has 0 saturated heterocycles. The predicted octanol–water partition coefficient (Wildman–Crippen LogP) is 3.81. The van der Waals surface area contributed by atoms with E-state index in [2.05, 4.69) is 11.9 Å². The molecule has 1 heterocycles. The third kappa shape index (κ3) is 3.94. The molecule has 3 rings (SSSR count). The Kier molecular flexibility index (Phi) is 4.97. The number of rotatable bonds is 5. The van der Waals surface area contributed by atoms with Crippen molar-refractivity contribution in [2.24, 2.45) is 0 Å². The second-order valence-corrected chi connectivity index (χ2v) is 7.62. The number of thioether (sulfide) groups is 1. The molecule has 0 fully saturated rings. The molecule has 0 aliphatic carbocycles. The van der Waals surface area contributed by atoms with Crippen LogP contribution in [0.4, 0.5) is 0 Å². The Morgan fingerprint density at radius 1 is 1.12 bits per heavy atom. The molecule has 0 amide bonds. The molecule has 2 aromatic carbocycles. The average molecular weight is 354 g/mol. The number of para-hydroxylation sites is 1. The Bertz CT molecular complexity index is 941. The lowest BCUT2D eigenvalue weighted by molar-refractivity contribution is 0.107. The monoisotopic (exact) mass is 354 g/mol. The molecule has 130 valence electrons. The van der Waals surface area contributed by atoms with Gasteiger partial charge in [-0.25, -0.2) is 4.98 Å². The first-order valence-electron chi connectivity index (χ1n) is 8.35. The van der Waals surface area contributed by atoms with E-state index in [4.69, 9.17) is 0 Å². The second-order valence-electron chi connectivity index (χ2n) is 6.67. The van der Waals surface area contributed by atoms with Crippen molar-refractivity contribution in [1.29, 1.82) is 0 Å². The topological polar surface area (TPSA) is 55.1 Å². The summed E-state index contributed by atoms with van der Waals surface area (Å²) in [5.74, 6) is 0.449. The second kappa shape index (κ2) is 7.02. The first kappa shape index (κ1) is 17.7. The van der Waals surface area contributed by atoms with Crippen LogP contribution in [0.3, 0.4) is 0 Å². The van der Waals surface area contributed by atoms with Gasteiger partial charge in [0.1, 0.15) is 0 Å². The molecule has 0 aliphatic heterocycles.